The second-order valence-corrected chi connectivity index (χ2v) is 7.74. The first kappa shape index (κ1) is 19.5. The smallest absolute Gasteiger partial charge is 0.260 e. The zero-order chi connectivity index (χ0) is 20.2. The first-order chi connectivity index (χ1) is 14.1. The van der Waals surface area contributed by atoms with Crippen molar-refractivity contribution in [3.8, 4) is 28.6 Å². The van der Waals surface area contributed by atoms with Crippen LogP contribution in [-0.4, -0.2) is 40.6 Å². The van der Waals surface area contributed by atoms with E-state index in [-0.39, 0.29) is 12.5 Å². The lowest BCUT2D eigenvalue weighted by atomic mass is 10.0. The van der Waals surface area contributed by atoms with E-state index in [4.69, 9.17) is 20.9 Å². The monoisotopic (exact) mass is 411 g/mol. The first-order valence-corrected chi connectivity index (χ1v) is 10.1. The lowest BCUT2D eigenvalue weighted by Crippen LogP contribution is -2.41. The Morgan fingerprint density at radius 1 is 1.24 bits per heavy atom. The Bertz CT molecular complexity index is 987. The Morgan fingerprint density at radius 3 is 2.83 bits per heavy atom. The van der Waals surface area contributed by atoms with Gasteiger partial charge >= 0.3 is 0 Å². The summed E-state index contributed by atoms with van der Waals surface area (Å²) in [6, 6.07) is 14.6. The van der Waals surface area contributed by atoms with Crippen molar-refractivity contribution in [2.24, 2.45) is 5.92 Å². The largest absolute Gasteiger partial charge is 0.483 e. The molecule has 6 nitrogen and oxygen atoms in total. The normalized spacial score (nSPS) is 16.6. The summed E-state index contributed by atoms with van der Waals surface area (Å²) in [7, 11) is 0. The van der Waals surface area contributed by atoms with E-state index in [2.05, 4.69) is 17.1 Å². The number of rotatable bonds is 5. The van der Waals surface area contributed by atoms with Crippen LogP contribution in [0.4, 0.5) is 0 Å². The molecule has 0 spiro atoms. The summed E-state index contributed by atoms with van der Waals surface area (Å²) in [5.74, 6) is 1.88. The van der Waals surface area contributed by atoms with Gasteiger partial charge in [0.15, 0.2) is 6.61 Å². The number of benzene rings is 2. The molecule has 29 heavy (non-hydrogen) atoms. The third kappa shape index (κ3) is 4.59. The van der Waals surface area contributed by atoms with Crippen LogP contribution in [-0.2, 0) is 4.79 Å². The summed E-state index contributed by atoms with van der Waals surface area (Å²) < 4.78 is 11.2. The van der Waals surface area contributed by atoms with Crippen LogP contribution in [0.15, 0.2) is 53.1 Å². The molecule has 1 amide bonds. The fourth-order valence-electron chi connectivity index (χ4n) is 3.47. The number of carbonyl (C=O) groups excluding carboxylic acids is 1. The maximum Gasteiger partial charge on any atom is 0.260 e. The standard InChI is InChI=1S/C22H22ClN3O3/c1-15-5-4-12-26(13-15)20(27)14-28-19-7-3-2-6-18(19)21-24-22(29-25-21)16-8-10-17(23)11-9-16/h2-3,6-11,15H,4-5,12-14H2,1H3/t15-/m1/s1. The van der Waals surface area contributed by atoms with Gasteiger partial charge in [0, 0.05) is 23.7 Å². The number of aromatic nitrogens is 2. The first-order valence-electron chi connectivity index (χ1n) is 9.70. The third-order valence-electron chi connectivity index (χ3n) is 5.01. The number of amides is 1. The van der Waals surface area contributed by atoms with Crippen molar-refractivity contribution in [1.29, 1.82) is 0 Å². The van der Waals surface area contributed by atoms with E-state index >= 15 is 0 Å². The molecule has 1 aliphatic rings. The van der Waals surface area contributed by atoms with Crippen LogP contribution in [0.2, 0.25) is 5.02 Å². The van der Waals surface area contributed by atoms with Crippen LogP contribution in [0.5, 0.6) is 5.75 Å². The summed E-state index contributed by atoms with van der Waals surface area (Å²) in [6.45, 7) is 3.75. The molecule has 4 rings (SSSR count). The Morgan fingerprint density at radius 2 is 2.03 bits per heavy atom. The number of para-hydroxylation sites is 1. The lowest BCUT2D eigenvalue weighted by Gasteiger charge is -2.30. The third-order valence-corrected chi connectivity index (χ3v) is 5.26. The SMILES string of the molecule is C[C@@H]1CCCN(C(=O)COc2ccccc2-c2noc(-c3ccc(Cl)cc3)n2)C1. The quantitative estimate of drug-likeness (QED) is 0.609. The van der Waals surface area contributed by atoms with Crippen LogP contribution in [0.1, 0.15) is 19.8 Å². The minimum atomic E-state index is -0.00831. The topological polar surface area (TPSA) is 68.5 Å². The molecule has 3 aromatic rings. The molecule has 2 aromatic carbocycles. The minimum absolute atomic E-state index is 0.00122. The highest BCUT2D eigenvalue weighted by atomic mass is 35.5. The van der Waals surface area contributed by atoms with E-state index in [1.54, 1.807) is 18.2 Å². The molecule has 0 aliphatic carbocycles. The molecule has 1 saturated heterocycles. The summed E-state index contributed by atoms with van der Waals surface area (Å²) >= 11 is 5.93. The van der Waals surface area contributed by atoms with Crippen molar-refractivity contribution < 1.29 is 14.1 Å². The Balaban J connectivity index is 1.48. The summed E-state index contributed by atoms with van der Waals surface area (Å²) in [4.78, 5) is 18.9. The van der Waals surface area contributed by atoms with Gasteiger partial charge in [-0.05, 0) is 55.2 Å². The Hall–Kier alpha value is -2.86. The van der Waals surface area contributed by atoms with E-state index in [0.717, 1.165) is 25.1 Å². The van der Waals surface area contributed by atoms with Gasteiger partial charge in [0.25, 0.3) is 11.8 Å². The number of carbonyl (C=O) groups is 1. The second-order valence-electron chi connectivity index (χ2n) is 7.30. The van der Waals surface area contributed by atoms with E-state index in [9.17, 15) is 4.79 Å². The van der Waals surface area contributed by atoms with Crippen LogP contribution in [0, 0.1) is 5.92 Å². The van der Waals surface area contributed by atoms with Gasteiger partial charge in [-0.25, -0.2) is 0 Å². The van der Waals surface area contributed by atoms with Crippen LogP contribution in [0.25, 0.3) is 22.8 Å². The van der Waals surface area contributed by atoms with Crippen molar-refractivity contribution in [3.63, 3.8) is 0 Å². The van der Waals surface area contributed by atoms with E-state index < -0.39 is 0 Å². The number of halogens is 1. The fourth-order valence-corrected chi connectivity index (χ4v) is 3.59. The zero-order valence-electron chi connectivity index (χ0n) is 16.2. The zero-order valence-corrected chi connectivity index (χ0v) is 16.9. The van der Waals surface area contributed by atoms with Gasteiger partial charge in [0.2, 0.25) is 5.82 Å². The molecule has 0 radical (unpaired) electrons. The fraction of sp³-hybridized carbons (Fsp3) is 0.318. The predicted molar refractivity (Wildman–Crippen MR) is 111 cm³/mol. The van der Waals surface area contributed by atoms with Gasteiger partial charge in [-0.1, -0.05) is 35.8 Å². The van der Waals surface area contributed by atoms with Gasteiger partial charge in [0.1, 0.15) is 5.75 Å². The Labute approximate surface area is 174 Å². The molecular weight excluding hydrogens is 390 g/mol. The van der Waals surface area contributed by atoms with Gasteiger partial charge in [-0.2, -0.15) is 4.98 Å². The van der Waals surface area contributed by atoms with Gasteiger partial charge in [-0.3, -0.25) is 4.79 Å². The molecule has 2 heterocycles. The summed E-state index contributed by atoms with van der Waals surface area (Å²) in [5, 5.41) is 4.72. The van der Waals surface area contributed by atoms with Crippen molar-refractivity contribution in [2.75, 3.05) is 19.7 Å². The van der Waals surface area contributed by atoms with Crippen LogP contribution in [0.3, 0.4) is 0 Å². The van der Waals surface area contributed by atoms with Gasteiger partial charge < -0.3 is 14.2 Å². The van der Waals surface area contributed by atoms with Crippen LogP contribution >= 0.6 is 11.6 Å². The van der Waals surface area contributed by atoms with E-state index in [0.29, 0.717) is 34.0 Å². The Kier molecular flexibility index (Phi) is 5.81. The summed E-state index contributed by atoms with van der Waals surface area (Å²) in [6.07, 6.45) is 2.21. The number of hydrogen-bond donors (Lipinski definition) is 0. The maximum absolute atomic E-state index is 12.5. The molecule has 0 N–H and O–H groups in total. The van der Waals surface area contributed by atoms with Crippen molar-refractivity contribution in [2.45, 2.75) is 19.8 Å². The van der Waals surface area contributed by atoms with Gasteiger partial charge in [0.05, 0.1) is 5.56 Å². The minimum Gasteiger partial charge on any atom is -0.483 e. The highest BCUT2D eigenvalue weighted by molar-refractivity contribution is 6.30. The number of hydrogen-bond acceptors (Lipinski definition) is 5. The number of ether oxygens (including phenoxy) is 1. The highest BCUT2D eigenvalue weighted by Gasteiger charge is 2.22. The maximum atomic E-state index is 12.5. The molecule has 0 saturated carbocycles. The van der Waals surface area contributed by atoms with Crippen molar-refractivity contribution in [3.05, 3.63) is 53.6 Å². The molecule has 1 fully saturated rings. The molecule has 0 bridgehead atoms. The van der Waals surface area contributed by atoms with Crippen molar-refractivity contribution in [1.82, 2.24) is 15.0 Å². The molecule has 0 unspecified atom stereocenters. The number of piperidine rings is 1. The molecule has 1 aromatic heterocycles. The number of nitrogens with zero attached hydrogens (tertiary/aromatic N) is 3. The van der Waals surface area contributed by atoms with Crippen LogP contribution < -0.4 is 4.74 Å². The lowest BCUT2D eigenvalue weighted by molar-refractivity contribution is -0.135. The van der Waals surface area contributed by atoms with E-state index in [1.165, 1.54) is 6.42 Å². The predicted octanol–water partition coefficient (Wildman–Crippen LogP) is 4.69. The molecule has 1 atom stereocenters. The van der Waals surface area contributed by atoms with Gasteiger partial charge in [-0.15, -0.1) is 0 Å². The second kappa shape index (κ2) is 8.66. The average Bonchev–Trinajstić information content (AvgIpc) is 3.23. The molecule has 150 valence electrons. The summed E-state index contributed by atoms with van der Waals surface area (Å²) in [5.41, 5.74) is 1.46. The average molecular weight is 412 g/mol. The number of likely N-dealkylation sites (tertiary alicyclic amines) is 1. The van der Waals surface area contributed by atoms with Crippen molar-refractivity contribution >= 4 is 17.5 Å². The molecule has 7 heteroatoms. The molecule has 1 aliphatic heterocycles. The molecular formula is C22H22ClN3O3. The highest BCUT2D eigenvalue weighted by Crippen LogP contribution is 2.30. The van der Waals surface area contributed by atoms with E-state index in [1.807, 2.05) is 35.2 Å².